The van der Waals surface area contributed by atoms with Gasteiger partial charge in [-0.15, -0.1) is 11.3 Å². The standard InChI is InChI=1S/C22H21N5O5S/c1-4-32-22(30)18-16(13-5-7-14(31-3)8-6-13)11-33-20(18)25-17(28)10-27-12-23-19-15(21(27)29)9-24-26(19)2/h5-9,11-12H,4,10H2,1-3H3,(H,25,28). The van der Waals surface area contributed by atoms with Gasteiger partial charge in [0, 0.05) is 18.0 Å². The zero-order chi connectivity index (χ0) is 23.5. The Hall–Kier alpha value is -3.99. The molecule has 0 fully saturated rings. The van der Waals surface area contributed by atoms with Gasteiger partial charge in [0.05, 0.1) is 19.9 Å². The summed E-state index contributed by atoms with van der Waals surface area (Å²) in [5.74, 6) is -0.337. The van der Waals surface area contributed by atoms with E-state index in [1.807, 2.05) is 12.1 Å². The van der Waals surface area contributed by atoms with Crippen LogP contribution in [0.25, 0.3) is 22.2 Å². The molecule has 0 spiro atoms. The molecule has 4 rings (SSSR count). The summed E-state index contributed by atoms with van der Waals surface area (Å²) in [4.78, 5) is 42.3. The van der Waals surface area contributed by atoms with Crippen molar-refractivity contribution < 1.29 is 19.1 Å². The molecule has 1 amide bonds. The first kappa shape index (κ1) is 22.2. The summed E-state index contributed by atoms with van der Waals surface area (Å²) in [6.07, 6.45) is 2.72. The largest absolute Gasteiger partial charge is 0.497 e. The molecule has 3 heterocycles. The Balaban J connectivity index is 1.62. The Labute approximate surface area is 192 Å². The zero-order valence-corrected chi connectivity index (χ0v) is 19.0. The summed E-state index contributed by atoms with van der Waals surface area (Å²) in [5.41, 5.74) is 1.72. The molecule has 10 nitrogen and oxygen atoms in total. The topological polar surface area (TPSA) is 117 Å². The molecule has 0 saturated heterocycles. The van der Waals surface area contributed by atoms with Crippen molar-refractivity contribution in [3.8, 4) is 16.9 Å². The highest BCUT2D eigenvalue weighted by Gasteiger charge is 2.23. The van der Waals surface area contributed by atoms with Crippen LogP contribution in [0.5, 0.6) is 5.75 Å². The van der Waals surface area contributed by atoms with Gasteiger partial charge in [-0.1, -0.05) is 12.1 Å². The molecule has 11 heteroatoms. The van der Waals surface area contributed by atoms with Crippen molar-refractivity contribution in [1.29, 1.82) is 0 Å². The summed E-state index contributed by atoms with van der Waals surface area (Å²) in [5, 5.41) is 9.19. The number of thiophene rings is 1. The molecule has 0 atom stereocenters. The second-order valence-electron chi connectivity index (χ2n) is 7.03. The van der Waals surface area contributed by atoms with Crippen LogP contribution < -0.4 is 15.6 Å². The monoisotopic (exact) mass is 467 g/mol. The Morgan fingerprint density at radius 3 is 2.67 bits per heavy atom. The summed E-state index contributed by atoms with van der Waals surface area (Å²) >= 11 is 1.20. The quantitative estimate of drug-likeness (QED) is 0.415. The first-order chi connectivity index (χ1) is 15.9. The number of rotatable bonds is 7. The van der Waals surface area contributed by atoms with E-state index in [-0.39, 0.29) is 24.3 Å². The Bertz CT molecular complexity index is 1390. The number of nitrogens with zero attached hydrogens (tertiary/aromatic N) is 4. The van der Waals surface area contributed by atoms with Crippen LogP contribution in [0.4, 0.5) is 5.00 Å². The molecule has 170 valence electrons. The minimum atomic E-state index is -0.546. The number of methoxy groups -OCH3 is 1. The lowest BCUT2D eigenvalue weighted by Gasteiger charge is -2.10. The zero-order valence-electron chi connectivity index (χ0n) is 18.2. The van der Waals surface area contributed by atoms with E-state index in [0.717, 1.165) is 5.56 Å². The van der Waals surface area contributed by atoms with Crippen LogP contribution in [-0.4, -0.2) is 44.9 Å². The number of esters is 1. The van der Waals surface area contributed by atoms with Crippen molar-refractivity contribution in [3.63, 3.8) is 0 Å². The molecule has 4 aromatic rings. The van der Waals surface area contributed by atoms with Gasteiger partial charge >= 0.3 is 5.97 Å². The van der Waals surface area contributed by atoms with Crippen LogP contribution in [0.1, 0.15) is 17.3 Å². The van der Waals surface area contributed by atoms with E-state index in [1.165, 1.54) is 33.1 Å². The maximum absolute atomic E-state index is 12.8. The fourth-order valence-corrected chi connectivity index (χ4v) is 4.31. The number of aromatic nitrogens is 4. The number of ether oxygens (including phenoxy) is 2. The van der Waals surface area contributed by atoms with E-state index >= 15 is 0 Å². The van der Waals surface area contributed by atoms with Gasteiger partial charge in [0.2, 0.25) is 5.91 Å². The summed E-state index contributed by atoms with van der Waals surface area (Å²) in [6.45, 7) is 1.63. The SMILES string of the molecule is CCOC(=O)c1c(-c2ccc(OC)cc2)csc1NC(=O)Cn1cnc2c(cnn2C)c1=O. The minimum absolute atomic E-state index is 0.191. The summed E-state index contributed by atoms with van der Waals surface area (Å²) in [7, 11) is 3.25. The number of fused-ring (bicyclic) bond motifs is 1. The second-order valence-corrected chi connectivity index (χ2v) is 7.91. The van der Waals surface area contributed by atoms with Crippen molar-refractivity contribution in [2.45, 2.75) is 13.5 Å². The Morgan fingerprint density at radius 1 is 1.21 bits per heavy atom. The maximum atomic E-state index is 12.8. The van der Waals surface area contributed by atoms with Crippen molar-refractivity contribution in [2.24, 2.45) is 7.05 Å². The van der Waals surface area contributed by atoms with E-state index in [4.69, 9.17) is 9.47 Å². The molecule has 0 aliphatic heterocycles. The Morgan fingerprint density at radius 2 is 1.97 bits per heavy atom. The van der Waals surface area contributed by atoms with Gasteiger partial charge in [-0.25, -0.2) is 9.78 Å². The molecular weight excluding hydrogens is 446 g/mol. The molecule has 1 N–H and O–H groups in total. The van der Waals surface area contributed by atoms with E-state index in [0.29, 0.717) is 27.3 Å². The van der Waals surface area contributed by atoms with Gasteiger partial charge in [0.1, 0.15) is 34.6 Å². The molecule has 0 aliphatic rings. The lowest BCUT2D eigenvalue weighted by Crippen LogP contribution is -2.28. The highest BCUT2D eigenvalue weighted by Crippen LogP contribution is 2.36. The van der Waals surface area contributed by atoms with Crippen LogP contribution in [-0.2, 0) is 23.1 Å². The van der Waals surface area contributed by atoms with Gasteiger partial charge < -0.3 is 14.8 Å². The summed E-state index contributed by atoms with van der Waals surface area (Å²) in [6, 6.07) is 7.22. The van der Waals surface area contributed by atoms with Crippen LogP contribution in [0, 0.1) is 0 Å². The third-order valence-corrected chi connectivity index (χ3v) is 5.85. The number of amides is 1. The highest BCUT2D eigenvalue weighted by atomic mass is 32.1. The van der Waals surface area contributed by atoms with E-state index < -0.39 is 11.9 Å². The van der Waals surface area contributed by atoms with Crippen LogP contribution in [0.2, 0.25) is 0 Å². The second kappa shape index (κ2) is 9.25. The van der Waals surface area contributed by atoms with Gasteiger partial charge in [0.25, 0.3) is 5.56 Å². The van der Waals surface area contributed by atoms with Gasteiger partial charge in [-0.3, -0.25) is 18.8 Å². The number of hydrogen-bond donors (Lipinski definition) is 1. The van der Waals surface area contributed by atoms with E-state index in [2.05, 4.69) is 15.4 Å². The summed E-state index contributed by atoms with van der Waals surface area (Å²) < 4.78 is 13.1. The lowest BCUT2D eigenvalue weighted by molar-refractivity contribution is -0.116. The predicted octanol–water partition coefficient (Wildman–Crippen LogP) is 2.68. The van der Waals surface area contributed by atoms with Crippen molar-refractivity contribution in [2.75, 3.05) is 19.0 Å². The van der Waals surface area contributed by atoms with Crippen LogP contribution >= 0.6 is 11.3 Å². The number of anilines is 1. The Kier molecular flexibility index (Phi) is 6.22. The molecule has 3 aromatic heterocycles. The number of carbonyl (C=O) groups is 2. The van der Waals surface area contributed by atoms with Crippen LogP contribution in [0.15, 0.2) is 47.0 Å². The molecule has 0 unspecified atom stereocenters. The predicted molar refractivity (Wildman–Crippen MR) is 124 cm³/mol. The fourth-order valence-electron chi connectivity index (χ4n) is 3.34. The molecule has 0 aliphatic carbocycles. The van der Waals surface area contributed by atoms with E-state index in [1.54, 1.807) is 38.6 Å². The van der Waals surface area contributed by atoms with Crippen molar-refractivity contribution in [1.82, 2.24) is 19.3 Å². The fraction of sp³-hybridized carbons (Fsp3) is 0.227. The number of nitrogens with one attached hydrogen (secondary N) is 1. The molecule has 33 heavy (non-hydrogen) atoms. The average Bonchev–Trinajstić information content (AvgIpc) is 3.40. The van der Waals surface area contributed by atoms with Crippen molar-refractivity contribution >= 4 is 39.2 Å². The highest BCUT2D eigenvalue weighted by molar-refractivity contribution is 7.15. The number of hydrogen-bond acceptors (Lipinski definition) is 8. The van der Waals surface area contributed by atoms with Gasteiger partial charge in [-0.2, -0.15) is 5.10 Å². The van der Waals surface area contributed by atoms with E-state index in [9.17, 15) is 14.4 Å². The van der Waals surface area contributed by atoms with Crippen LogP contribution in [0.3, 0.4) is 0 Å². The lowest BCUT2D eigenvalue weighted by atomic mass is 10.0. The normalized spacial score (nSPS) is 10.9. The van der Waals surface area contributed by atoms with Gasteiger partial charge in [0.15, 0.2) is 5.65 Å². The first-order valence-electron chi connectivity index (χ1n) is 10.0. The molecule has 1 aromatic carbocycles. The number of benzene rings is 1. The number of aryl methyl sites for hydroxylation is 1. The average molecular weight is 468 g/mol. The van der Waals surface area contributed by atoms with Gasteiger partial charge in [-0.05, 0) is 24.6 Å². The smallest absolute Gasteiger partial charge is 0.341 e. The minimum Gasteiger partial charge on any atom is -0.497 e. The third-order valence-electron chi connectivity index (χ3n) is 4.96. The number of carbonyl (C=O) groups excluding carboxylic acids is 2. The molecule has 0 radical (unpaired) electrons. The molecule has 0 saturated carbocycles. The molecular formula is C22H21N5O5S. The third kappa shape index (κ3) is 4.35. The maximum Gasteiger partial charge on any atom is 0.341 e. The van der Waals surface area contributed by atoms with Crippen molar-refractivity contribution in [3.05, 3.63) is 58.1 Å². The molecule has 0 bridgehead atoms. The first-order valence-corrected chi connectivity index (χ1v) is 10.9.